The van der Waals surface area contributed by atoms with Crippen LogP contribution in [0.4, 0.5) is 0 Å². The van der Waals surface area contributed by atoms with E-state index in [1.54, 1.807) is 12.4 Å². The molecule has 2 aromatic rings. The molecule has 0 amide bonds. The summed E-state index contributed by atoms with van der Waals surface area (Å²) in [6.07, 6.45) is 6.41. The smallest absolute Gasteiger partial charge is 0.128 e. The highest BCUT2D eigenvalue weighted by molar-refractivity contribution is 5.14. The molecule has 0 aliphatic heterocycles. The van der Waals surface area contributed by atoms with Crippen LogP contribution in [-0.4, -0.2) is 15.0 Å². The average Bonchev–Trinajstić information content (AvgIpc) is 2.36. The van der Waals surface area contributed by atoms with Crippen LogP contribution >= 0.6 is 0 Å². The van der Waals surface area contributed by atoms with Gasteiger partial charge in [-0.25, -0.2) is 9.97 Å². The minimum atomic E-state index is 0.0920. The summed E-state index contributed by atoms with van der Waals surface area (Å²) in [7, 11) is 0. The van der Waals surface area contributed by atoms with E-state index in [9.17, 15) is 0 Å². The van der Waals surface area contributed by atoms with Gasteiger partial charge in [0.15, 0.2) is 0 Å². The first-order valence-electron chi connectivity index (χ1n) is 7.94. The Hall–Kier alpha value is -1.77. The molecule has 2 rings (SSSR count). The van der Waals surface area contributed by atoms with Gasteiger partial charge in [0, 0.05) is 30.2 Å². The Morgan fingerprint density at radius 2 is 1.36 bits per heavy atom. The SMILES string of the molecule is CC(C)(C)Cc1cccc(CC(C)(C)Cc2ncccn2)n1. The third-order valence-corrected chi connectivity index (χ3v) is 3.49. The Bertz CT molecular complexity index is 598. The summed E-state index contributed by atoms with van der Waals surface area (Å²) in [4.78, 5) is 13.5. The van der Waals surface area contributed by atoms with Crippen LogP contribution in [0.3, 0.4) is 0 Å². The molecule has 0 saturated heterocycles. The highest BCUT2D eigenvalue weighted by Crippen LogP contribution is 2.26. The van der Waals surface area contributed by atoms with E-state index in [2.05, 4.69) is 62.8 Å². The first-order chi connectivity index (χ1) is 10.2. The van der Waals surface area contributed by atoms with E-state index in [0.717, 1.165) is 30.8 Å². The summed E-state index contributed by atoms with van der Waals surface area (Å²) >= 11 is 0. The molecule has 2 heterocycles. The monoisotopic (exact) mass is 297 g/mol. The van der Waals surface area contributed by atoms with Gasteiger partial charge in [-0.15, -0.1) is 0 Å². The van der Waals surface area contributed by atoms with Crippen LogP contribution in [0.2, 0.25) is 0 Å². The average molecular weight is 297 g/mol. The van der Waals surface area contributed by atoms with Crippen molar-refractivity contribution in [3.8, 4) is 0 Å². The third kappa shape index (κ3) is 5.55. The fourth-order valence-corrected chi connectivity index (χ4v) is 2.67. The molecule has 0 aromatic carbocycles. The van der Waals surface area contributed by atoms with Crippen molar-refractivity contribution >= 4 is 0 Å². The highest BCUT2D eigenvalue weighted by Gasteiger charge is 2.22. The quantitative estimate of drug-likeness (QED) is 0.827. The summed E-state index contributed by atoms with van der Waals surface area (Å²) in [6, 6.07) is 8.23. The van der Waals surface area contributed by atoms with Gasteiger partial charge in [-0.05, 0) is 41.9 Å². The normalized spacial score (nSPS) is 12.4. The second-order valence-electron chi connectivity index (χ2n) is 8.04. The van der Waals surface area contributed by atoms with Crippen LogP contribution in [0.5, 0.6) is 0 Å². The second-order valence-corrected chi connectivity index (χ2v) is 8.04. The largest absolute Gasteiger partial charge is 0.258 e. The lowest BCUT2D eigenvalue weighted by molar-refractivity contribution is 0.347. The molecule has 0 saturated carbocycles. The van der Waals surface area contributed by atoms with E-state index >= 15 is 0 Å². The molecule has 0 unspecified atom stereocenters. The van der Waals surface area contributed by atoms with Crippen molar-refractivity contribution in [3.63, 3.8) is 0 Å². The maximum Gasteiger partial charge on any atom is 0.128 e. The zero-order valence-corrected chi connectivity index (χ0v) is 14.4. The third-order valence-electron chi connectivity index (χ3n) is 3.49. The molecule has 0 fully saturated rings. The molecule has 0 bridgehead atoms. The number of aromatic nitrogens is 3. The summed E-state index contributed by atoms with van der Waals surface area (Å²) in [5.74, 6) is 0.901. The van der Waals surface area contributed by atoms with Crippen molar-refractivity contribution in [2.24, 2.45) is 10.8 Å². The van der Waals surface area contributed by atoms with E-state index in [4.69, 9.17) is 4.98 Å². The van der Waals surface area contributed by atoms with Crippen molar-refractivity contribution < 1.29 is 0 Å². The maximum atomic E-state index is 4.84. The van der Waals surface area contributed by atoms with Gasteiger partial charge < -0.3 is 0 Å². The number of pyridine rings is 1. The van der Waals surface area contributed by atoms with Crippen LogP contribution in [0.1, 0.15) is 51.8 Å². The minimum absolute atomic E-state index is 0.0920. The fourth-order valence-electron chi connectivity index (χ4n) is 2.67. The Morgan fingerprint density at radius 1 is 0.773 bits per heavy atom. The molecule has 2 aromatic heterocycles. The summed E-state index contributed by atoms with van der Waals surface area (Å²) in [6.45, 7) is 11.2. The number of nitrogens with zero attached hydrogens (tertiary/aromatic N) is 3. The first-order valence-corrected chi connectivity index (χ1v) is 7.94. The molecule has 0 atom stereocenters. The molecule has 3 heteroatoms. The van der Waals surface area contributed by atoms with E-state index in [1.165, 1.54) is 5.69 Å². The summed E-state index contributed by atoms with van der Waals surface area (Å²) in [5.41, 5.74) is 2.69. The van der Waals surface area contributed by atoms with Gasteiger partial charge >= 0.3 is 0 Å². The Labute approximate surface area is 134 Å². The lowest BCUT2D eigenvalue weighted by Crippen LogP contribution is -2.21. The maximum absolute atomic E-state index is 4.84. The topological polar surface area (TPSA) is 38.7 Å². The second kappa shape index (κ2) is 6.55. The van der Waals surface area contributed by atoms with E-state index < -0.39 is 0 Å². The van der Waals surface area contributed by atoms with E-state index in [-0.39, 0.29) is 10.8 Å². The summed E-state index contributed by atoms with van der Waals surface area (Å²) < 4.78 is 0. The van der Waals surface area contributed by atoms with Crippen LogP contribution in [0.15, 0.2) is 36.7 Å². The lowest BCUT2D eigenvalue weighted by Gasteiger charge is -2.24. The van der Waals surface area contributed by atoms with Crippen molar-refractivity contribution in [2.75, 3.05) is 0 Å². The van der Waals surface area contributed by atoms with Crippen molar-refractivity contribution in [1.82, 2.24) is 15.0 Å². The Morgan fingerprint density at radius 3 is 1.95 bits per heavy atom. The molecule has 0 spiro atoms. The number of hydrogen-bond acceptors (Lipinski definition) is 3. The molecule has 22 heavy (non-hydrogen) atoms. The van der Waals surface area contributed by atoms with Gasteiger partial charge in [0.25, 0.3) is 0 Å². The molecule has 0 radical (unpaired) electrons. The highest BCUT2D eigenvalue weighted by atomic mass is 14.9. The molecule has 0 aliphatic carbocycles. The Kier molecular flexibility index (Phi) is 4.94. The van der Waals surface area contributed by atoms with Gasteiger partial charge in [0.2, 0.25) is 0 Å². The first kappa shape index (κ1) is 16.6. The Balaban J connectivity index is 2.07. The van der Waals surface area contributed by atoms with Crippen molar-refractivity contribution in [3.05, 3.63) is 53.9 Å². The van der Waals surface area contributed by atoms with Gasteiger partial charge in [0.05, 0.1) is 0 Å². The van der Waals surface area contributed by atoms with Gasteiger partial charge in [-0.1, -0.05) is 40.7 Å². The van der Waals surface area contributed by atoms with E-state index in [0.29, 0.717) is 0 Å². The zero-order chi connectivity index (χ0) is 16.2. The predicted octanol–water partition coefficient (Wildman–Crippen LogP) is 4.27. The molecular formula is C19H27N3. The molecule has 3 nitrogen and oxygen atoms in total. The van der Waals surface area contributed by atoms with E-state index in [1.807, 2.05) is 6.07 Å². The van der Waals surface area contributed by atoms with Gasteiger partial charge in [0.1, 0.15) is 5.82 Å². The molecule has 118 valence electrons. The predicted molar refractivity (Wildman–Crippen MR) is 90.6 cm³/mol. The van der Waals surface area contributed by atoms with Crippen LogP contribution in [0.25, 0.3) is 0 Å². The van der Waals surface area contributed by atoms with Crippen LogP contribution < -0.4 is 0 Å². The molecule has 0 N–H and O–H groups in total. The summed E-state index contributed by atoms with van der Waals surface area (Å²) in [5, 5.41) is 0. The molecular weight excluding hydrogens is 270 g/mol. The van der Waals surface area contributed by atoms with Gasteiger partial charge in [-0.2, -0.15) is 0 Å². The van der Waals surface area contributed by atoms with Crippen molar-refractivity contribution in [2.45, 2.75) is 53.9 Å². The van der Waals surface area contributed by atoms with Crippen molar-refractivity contribution in [1.29, 1.82) is 0 Å². The van der Waals surface area contributed by atoms with Gasteiger partial charge in [-0.3, -0.25) is 4.98 Å². The van der Waals surface area contributed by atoms with Crippen LogP contribution in [0, 0.1) is 10.8 Å². The number of rotatable bonds is 5. The number of hydrogen-bond donors (Lipinski definition) is 0. The molecule has 0 aliphatic rings. The lowest BCUT2D eigenvalue weighted by atomic mass is 9.83. The fraction of sp³-hybridized carbons (Fsp3) is 0.526. The van der Waals surface area contributed by atoms with Crippen LogP contribution in [-0.2, 0) is 19.3 Å². The minimum Gasteiger partial charge on any atom is -0.258 e. The zero-order valence-electron chi connectivity index (χ0n) is 14.4. The standard InChI is InChI=1S/C19H27N3/c1-18(2,3)12-15-8-6-9-16(22-15)13-19(4,5)14-17-20-10-7-11-21-17/h6-11H,12-14H2,1-5H3.